The SMILES string of the molecule is NC(N)C(O)C(F)(F)F. The Kier molecular flexibility index (Phi) is 2.41. The highest BCUT2D eigenvalue weighted by Crippen LogP contribution is 2.19. The largest absolute Gasteiger partial charge is 0.417 e. The monoisotopic (exact) mass is 144 g/mol. The summed E-state index contributed by atoms with van der Waals surface area (Å²) in [7, 11) is 0. The first-order valence-corrected chi connectivity index (χ1v) is 2.11. The molecule has 0 aliphatic heterocycles. The molecule has 0 fully saturated rings. The van der Waals surface area contributed by atoms with Crippen LogP contribution in [0.1, 0.15) is 0 Å². The van der Waals surface area contributed by atoms with Crippen LogP contribution in [0.5, 0.6) is 0 Å². The Morgan fingerprint density at radius 1 is 1.22 bits per heavy atom. The predicted octanol–water partition coefficient (Wildman–Crippen LogP) is -0.847. The van der Waals surface area contributed by atoms with Gasteiger partial charge in [0.25, 0.3) is 0 Å². The Bertz CT molecular complexity index is 91.5. The molecule has 0 aromatic heterocycles. The van der Waals surface area contributed by atoms with Gasteiger partial charge in [0, 0.05) is 0 Å². The van der Waals surface area contributed by atoms with Gasteiger partial charge in [-0.1, -0.05) is 0 Å². The van der Waals surface area contributed by atoms with Gasteiger partial charge in [0.15, 0.2) is 6.10 Å². The molecule has 0 aromatic rings. The van der Waals surface area contributed by atoms with E-state index in [4.69, 9.17) is 5.11 Å². The lowest BCUT2D eigenvalue weighted by Crippen LogP contribution is -2.50. The molecule has 6 heteroatoms. The molecule has 0 spiro atoms. The molecule has 0 amide bonds. The van der Waals surface area contributed by atoms with E-state index in [1.54, 1.807) is 0 Å². The van der Waals surface area contributed by atoms with Crippen molar-refractivity contribution in [2.75, 3.05) is 0 Å². The van der Waals surface area contributed by atoms with Gasteiger partial charge in [-0.3, -0.25) is 0 Å². The van der Waals surface area contributed by atoms with Crippen LogP contribution in [0.15, 0.2) is 0 Å². The highest BCUT2D eigenvalue weighted by atomic mass is 19.4. The molecule has 56 valence electrons. The summed E-state index contributed by atoms with van der Waals surface area (Å²) in [6, 6.07) is 0. The first kappa shape index (κ1) is 8.67. The molecule has 0 aliphatic rings. The number of halogens is 3. The third-order valence-corrected chi connectivity index (χ3v) is 0.700. The Morgan fingerprint density at radius 3 is 1.56 bits per heavy atom. The van der Waals surface area contributed by atoms with Crippen LogP contribution in [0.25, 0.3) is 0 Å². The van der Waals surface area contributed by atoms with Crippen molar-refractivity contribution < 1.29 is 18.3 Å². The highest BCUT2D eigenvalue weighted by Gasteiger charge is 2.40. The van der Waals surface area contributed by atoms with Gasteiger partial charge in [0.05, 0.1) is 6.17 Å². The Morgan fingerprint density at radius 2 is 1.56 bits per heavy atom. The van der Waals surface area contributed by atoms with Crippen LogP contribution in [-0.2, 0) is 0 Å². The summed E-state index contributed by atoms with van der Waals surface area (Å²) in [4.78, 5) is 0. The van der Waals surface area contributed by atoms with E-state index in [1.807, 2.05) is 0 Å². The minimum Gasteiger partial charge on any atom is -0.381 e. The van der Waals surface area contributed by atoms with Gasteiger partial charge < -0.3 is 16.6 Å². The van der Waals surface area contributed by atoms with Crippen molar-refractivity contribution in [3.05, 3.63) is 0 Å². The van der Waals surface area contributed by atoms with Gasteiger partial charge in [0.1, 0.15) is 0 Å². The molecular weight excluding hydrogens is 137 g/mol. The van der Waals surface area contributed by atoms with Crippen molar-refractivity contribution in [1.29, 1.82) is 0 Å². The van der Waals surface area contributed by atoms with E-state index in [0.29, 0.717) is 0 Å². The fraction of sp³-hybridized carbons (Fsp3) is 1.00. The standard InChI is InChI=1S/C3H7F3N2O/c4-3(5,6)1(9)2(7)8/h1-2,9H,7-8H2. The molecule has 1 unspecified atom stereocenters. The van der Waals surface area contributed by atoms with E-state index in [-0.39, 0.29) is 0 Å². The number of hydrogen-bond acceptors (Lipinski definition) is 3. The number of nitrogens with two attached hydrogens (primary N) is 2. The fourth-order valence-corrected chi connectivity index (χ4v) is 0.218. The summed E-state index contributed by atoms with van der Waals surface area (Å²) in [5, 5.41) is 8.09. The first-order chi connectivity index (χ1) is 3.85. The molecule has 5 N–H and O–H groups in total. The molecule has 0 heterocycles. The first-order valence-electron chi connectivity index (χ1n) is 2.11. The van der Waals surface area contributed by atoms with E-state index >= 15 is 0 Å². The zero-order valence-corrected chi connectivity index (χ0v) is 4.39. The van der Waals surface area contributed by atoms with Gasteiger partial charge >= 0.3 is 6.18 Å². The maximum Gasteiger partial charge on any atom is 0.417 e. The molecule has 0 saturated carbocycles. The summed E-state index contributed by atoms with van der Waals surface area (Å²) in [5.41, 5.74) is 9.06. The number of rotatable bonds is 1. The van der Waals surface area contributed by atoms with Gasteiger partial charge in [0.2, 0.25) is 0 Å². The van der Waals surface area contributed by atoms with Gasteiger partial charge in [-0.25, -0.2) is 0 Å². The lowest BCUT2D eigenvalue weighted by molar-refractivity contribution is -0.209. The molecule has 1 atom stereocenters. The molecule has 9 heavy (non-hydrogen) atoms. The van der Waals surface area contributed by atoms with Gasteiger partial charge in [-0.15, -0.1) is 0 Å². The molecular formula is C3H7F3N2O. The number of aliphatic hydroxyl groups excluding tert-OH is 1. The molecule has 0 saturated heterocycles. The van der Waals surface area contributed by atoms with Crippen LogP contribution >= 0.6 is 0 Å². The van der Waals surface area contributed by atoms with Crippen LogP contribution in [0.2, 0.25) is 0 Å². The highest BCUT2D eigenvalue weighted by molar-refractivity contribution is 4.72. The smallest absolute Gasteiger partial charge is 0.381 e. The Labute approximate surface area is 49.4 Å². The molecule has 0 rings (SSSR count). The maximum atomic E-state index is 11.3. The summed E-state index contributed by atoms with van der Waals surface area (Å²) in [6.07, 6.45) is -9.10. The van der Waals surface area contributed by atoms with Crippen molar-refractivity contribution in [2.45, 2.75) is 18.4 Å². The lowest BCUT2D eigenvalue weighted by Gasteiger charge is -2.16. The van der Waals surface area contributed by atoms with E-state index in [2.05, 4.69) is 11.5 Å². The van der Waals surface area contributed by atoms with Crippen LogP contribution < -0.4 is 11.5 Å². The predicted molar refractivity (Wildman–Crippen MR) is 24.2 cm³/mol. The van der Waals surface area contributed by atoms with Crippen LogP contribution in [0.4, 0.5) is 13.2 Å². The second-order valence-corrected chi connectivity index (χ2v) is 1.56. The topological polar surface area (TPSA) is 72.3 Å². The molecule has 0 radical (unpaired) electrons. The summed E-state index contributed by atoms with van der Waals surface area (Å²) < 4.78 is 33.9. The number of aliphatic hydroxyl groups is 1. The Balaban J connectivity index is 3.88. The number of alkyl halides is 3. The van der Waals surface area contributed by atoms with E-state index < -0.39 is 18.4 Å². The average Bonchev–Trinajstić information content (AvgIpc) is 1.62. The van der Waals surface area contributed by atoms with Crippen molar-refractivity contribution in [3.63, 3.8) is 0 Å². The summed E-state index contributed by atoms with van der Waals surface area (Å²) >= 11 is 0. The average molecular weight is 144 g/mol. The fourth-order valence-electron chi connectivity index (χ4n) is 0.218. The number of hydrogen-bond donors (Lipinski definition) is 3. The van der Waals surface area contributed by atoms with Crippen molar-refractivity contribution in [1.82, 2.24) is 0 Å². The zero-order valence-electron chi connectivity index (χ0n) is 4.39. The minimum atomic E-state index is -4.71. The summed E-state index contributed by atoms with van der Waals surface area (Å²) in [5.74, 6) is 0. The van der Waals surface area contributed by atoms with Gasteiger partial charge in [-0.05, 0) is 0 Å². The molecule has 0 bridgehead atoms. The lowest BCUT2D eigenvalue weighted by atomic mass is 10.3. The normalized spacial score (nSPS) is 16.3. The minimum absolute atomic E-state index is 1.76. The van der Waals surface area contributed by atoms with Crippen LogP contribution in [-0.4, -0.2) is 23.6 Å². The molecule has 0 aliphatic carbocycles. The van der Waals surface area contributed by atoms with Crippen molar-refractivity contribution in [2.24, 2.45) is 11.5 Å². The third kappa shape index (κ3) is 2.64. The van der Waals surface area contributed by atoms with Gasteiger partial charge in [-0.2, -0.15) is 13.2 Å². The second-order valence-electron chi connectivity index (χ2n) is 1.56. The van der Waals surface area contributed by atoms with Crippen LogP contribution in [0, 0.1) is 0 Å². The van der Waals surface area contributed by atoms with E-state index in [9.17, 15) is 13.2 Å². The maximum absolute atomic E-state index is 11.3. The third-order valence-electron chi connectivity index (χ3n) is 0.700. The molecule has 3 nitrogen and oxygen atoms in total. The van der Waals surface area contributed by atoms with Crippen LogP contribution in [0.3, 0.4) is 0 Å². The van der Waals surface area contributed by atoms with E-state index in [1.165, 1.54) is 0 Å². The Hall–Kier alpha value is -0.330. The second kappa shape index (κ2) is 2.51. The van der Waals surface area contributed by atoms with Crippen molar-refractivity contribution >= 4 is 0 Å². The quantitative estimate of drug-likeness (QED) is 0.420. The van der Waals surface area contributed by atoms with Crippen molar-refractivity contribution in [3.8, 4) is 0 Å². The summed E-state index contributed by atoms with van der Waals surface area (Å²) in [6.45, 7) is 0. The molecule has 0 aromatic carbocycles. The van der Waals surface area contributed by atoms with E-state index in [0.717, 1.165) is 0 Å². The zero-order chi connectivity index (χ0) is 7.65.